The Labute approximate surface area is 202 Å². The van der Waals surface area contributed by atoms with Gasteiger partial charge in [0.1, 0.15) is 5.82 Å². The molecule has 1 aliphatic carbocycles. The maximum Gasteiger partial charge on any atom is 0.471 e. The zero-order valence-corrected chi connectivity index (χ0v) is 20.0. The normalized spacial score (nSPS) is 16.9. The van der Waals surface area contributed by atoms with Crippen LogP contribution in [0.15, 0.2) is 41.3 Å². The molecule has 0 unspecified atom stereocenters. The first-order valence-corrected chi connectivity index (χ1v) is 13.3. The van der Waals surface area contributed by atoms with Crippen LogP contribution in [0.1, 0.15) is 55.2 Å². The second-order valence-electron chi connectivity index (χ2n) is 9.37. The number of carbonyl (C=O) groups excluding carboxylic acids is 1. The van der Waals surface area contributed by atoms with E-state index in [2.05, 4.69) is 4.72 Å². The minimum absolute atomic E-state index is 0.0877. The van der Waals surface area contributed by atoms with E-state index in [1.165, 1.54) is 56.0 Å². The number of hydrogen-bond acceptors (Lipinski definition) is 3. The van der Waals surface area contributed by atoms with Crippen molar-refractivity contribution in [3.8, 4) is 0 Å². The van der Waals surface area contributed by atoms with E-state index >= 15 is 0 Å². The molecule has 0 saturated heterocycles. The van der Waals surface area contributed by atoms with Gasteiger partial charge >= 0.3 is 12.1 Å². The monoisotopic (exact) mass is 512 g/mol. The summed E-state index contributed by atoms with van der Waals surface area (Å²) < 4.78 is 80.8. The van der Waals surface area contributed by atoms with E-state index in [1.54, 1.807) is 6.07 Å². The van der Waals surface area contributed by atoms with Gasteiger partial charge in [-0.15, -0.1) is 0 Å². The van der Waals surface area contributed by atoms with E-state index < -0.39 is 27.9 Å². The molecule has 1 amide bonds. The maximum atomic E-state index is 14.7. The molecule has 4 rings (SSSR count). The van der Waals surface area contributed by atoms with Gasteiger partial charge < -0.3 is 4.90 Å². The third-order valence-electron chi connectivity index (χ3n) is 6.86. The van der Waals surface area contributed by atoms with Crippen LogP contribution in [-0.4, -0.2) is 31.9 Å². The van der Waals surface area contributed by atoms with E-state index in [9.17, 15) is 30.8 Å². The van der Waals surface area contributed by atoms with Crippen molar-refractivity contribution in [3.05, 3.63) is 58.9 Å². The fraction of sp³-hybridized carbons (Fsp3) is 0.480. The van der Waals surface area contributed by atoms with Gasteiger partial charge in [0.05, 0.1) is 10.6 Å². The summed E-state index contributed by atoms with van der Waals surface area (Å²) in [5.74, 6) is -1.82. The Bertz CT molecular complexity index is 1190. The lowest BCUT2D eigenvalue weighted by molar-refractivity contribution is -0.186. The Hall–Kier alpha value is -2.62. The third-order valence-corrected chi connectivity index (χ3v) is 8.22. The number of carbonyl (C=O) groups is 1. The lowest BCUT2D eigenvalue weighted by atomic mass is 9.98. The number of anilines is 1. The quantitative estimate of drug-likeness (QED) is 0.492. The van der Waals surface area contributed by atoms with Gasteiger partial charge in [-0.1, -0.05) is 44.2 Å². The molecule has 1 heterocycles. The molecule has 0 atom stereocenters. The predicted molar refractivity (Wildman–Crippen MR) is 124 cm³/mol. The Balaban J connectivity index is 1.40. The molecule has 1 aliphatic heterocycles. The van der Waals surface area contributed by atoms with Gasteiger partial charge in [-0.05, 0) is 66.1 Å². The Morgan fingerprint density at radius 2 is 1.80 bits per heavy atom. The summed E-state index contributed by atoms with van der Waals surface area (Å²) in [6.45, 7) is -0.419. The average Bonchev–Trinajstić information content (AvgIpc) is 3.32. The minimum Gasteiger partial charge on any atom is -0.330 e. The first-order chi connectivity index (χ1) is 16.5. The zero-order chi connectivity index (χ0) is 25.2. The maximum absolute atomic E-state index is 14.7. The van der Waals surface area contributed by atoms with Crippen molar-refractivity contribution >= 4 is 21.6 Å². The second-order valence-corrected chi connectivity index (χ2v) is 11.0. The van der Waals surface area contributed by atoms with Crippen LogP contribution in [0.25, 0.3) is 0 Å². The predicted octanol–water partition coefficient (Wildman–Crippen LogP) is 5.59. The van der Waals surface area contributed by atoms with Crippen LogP contribution in [0, 0.1) is 11.7 Å². The zero-order valence-electron chi connectivity index (χ0n) is 19.2. The van der Waals surface area contributed by atoms with Crippen LogP contribution < -0.4 is 4.72 Å². The minimum atomic E-state index is -4.96. The first kappa shape index (κ1) is 25.5. The van der Waals surface area contributed by atoms with Gasteiger partial charge in [0, 0.05) is 13.1 Å². The average molecular weight is 513 g/mol. The van der Waals surface area contributed by atoms with Crippen LogP contribution in [0.2, 0.25) is 0 Å². The van der Waals surface area contributed by atoms with Gasteiger partial charge in [0.15, 0.2) is 0 Å². The molecule has 10 heteroatoms. The molecule has 1 fully saturated rings. The number of halogens is 4. The molecule has 2 aromatic carbocycles. The largest absolute Gasteiger partial charge is 0.471 e. The molecule has 2 aliphatic rings. The summed E-state index contributed by atoms with van der Waals surface area (Å²) in [5, 5.41) is 0. The highest BCUT2D eigenvalue weighted by Gasteiger charge is 2.43. The summed E-state index contributed by atoms with van der Waals surface area (Å²) in [6.07, 6.45) is 3.06. The molecule has 190 valence electrons. The lowest BCUT2D eigenvalue weighted by Crippen LogP contribution is -2.43. The van der Waals surface area contributed by atoms with Gasteiger partial charge in [-0.2, -0.15) is 13.2 Å². The van der Waals surface area contributed by atoms with Crippen molar-refractivity contribution in [2.45, 2.75) is 69.0 Å². The molecule has 0 bridgehead atoms. The van der Waals surface area contributed by atoms with Gasteiger partial charge in [-0.3, -0.25) is 9.52 Å². The number of benzene rings is 2. The summed E-state index contributed by atoms with van der Waals surface area (Å²) in [7, 11) is -4.11. The highest BCUT2D eigenvalue weighted by Crippen LogP contribution is 2.30. The van der Waals surface area contributed by atoms with Crippen molar-refractivity contribution in [1.29, 1.82) is 0 Å². The van der Waals surface area contributed by atoms with Crippen molar-refractivity contribution < 1.29 is 30.8 Å². The van der Waals surface area contributed by atoms with Crippen LogP contribution in [0.3, 0.4) is 0 Å². The van der Waals surface area contributed by atoms with E-state index in [1.807, 2.05) is 0 Å². The first-order valence-electron chi connectivity index (χ1n) is 11.8. The number of alkyl halides is 3. The van der Waals surface area contributed by atoms with Gasteiger partial charge in [0.25, 0.3) is 10.0 Å². The molecule has 1 saturated carbocycles. The van der Waals surface area contributed by atoms with E-state index in [4.69, 9.17) is 0 Å². The van der Waals surface area contributed by atoms with Crippen molar-refractivity contribution in [2.75, 3.05) is 11.3 Å². The topological polar surface area (TPSA) is 66.5 Å². The fourth-order valence-electron chi connectivity index (χ4n) is 4.94. The second kappa shape index (κ2) is 10.2. The van der Waals surface area contributed by atoms with E-state index in [0.717, 1.165) is 30.7 Å². The number of hydrogen-bond donors (Lipinski definition) is 1. The molecular weight excluding hydrogens is 484 g/mol. The van der Waals surface area contributed by atoms with Gasteiger partial charge in [-0.25, -0.2) is 12.8 Å². The molecule has 0 aromatic heterocycles. The number of sulfonamides is 1. The number of aryl methyl sites for hydroxylation is 1. The van der Waals surface area contributed by atoms with Crippen LogP contribution >= 0.6 is 0 Å². The highest BCUT2D eigenvalue weighted by molar-refractivity contribution is 7.92. The van der Waals surface area contributed by atoms with Crippen molar-refractivity contribution in [3.63, 3.8) is 0 Å². The molecule has 35 heavy (non-hydrogen) atoms. The van der Waals surface area contributed by atoms with Crippen LogP contribution in [0.5, 0.6) is 0 Å². The Kier molecular flexibility index (Phi) is 7.40. The number of fused-ring (bicyclic) bond motifs is 1. The molecule has 0 radical (unpaired) electrons. The summed E-state index contributed by atoms with van der Waals surface area (Å²) in [6, 6.07) is 8.49. The van der Waals surface area contributed by atoms with Crippen LogP contribution in [-0.2, 0) is 34.2 Å². The summed E-state index contributed by atoms with van der Waals surface area (Å²) >= 11 is 0. The standard InChI is InChI=1S/C25H28F4N2O3S/c26-22-14-18(7-3-6-17-4-1-2-5-17)8-11-23(22)30-35(33,34)21-10-9-20-16-31(13-12-19(20)15-21)24(32)25(27,28)29/h8-11,14-15,17,30H,1-7,12-13,16H2. The Morgan fingerprint density at radius 1 is 1.06 bits per heavy atom. The summed E-state index contributed by atoms with van der Waals surface area (Å²) in [5.41, 5.74) is 1.64. The molecular formula is C25H28F4N2O3S. The Morgan fingerprint density at radius 3 is 2.49 bits per heavy atom. The third kappa shape index (κ3) is 6.15. The molecule has 1 N–H and O–H groups in total. The van der Waals surface area contributed by atoms with Crippen molar-refractivity contribution in [2.24, 2.45) is 5.92 Å². The molecule has 5 nitrogen and oxygen atoms in total. The number of amides is 1. The SMILES string of the molecule is O=C(N1CCc2cc(S(=O)(=O)Nc3ccc(CCCC4CCCC4)cc3F)ccc2C1)C(F)(F)F. The molecule has 2 aromatic rings. The smallest absolute Gasteiger partial charge is 0.330 e. The highest BCUT2D eigenvalue weighted by atomic mass is 32.2. The lowest BCUT2D eigenvalue weighted by Gasteiger charge is -2.29. The van der Waals surface area contributed by atoms with Crippen LogP contribution in [0.4, 0.5) is 23.2 Å². The summed E-state index contributed by atoms with van der Waals surface area (Å²) in [4.78, 5) is 12.1. The van der Waals surface area contributed by atoms with E-state index in [-0.39, 0.29) is 30.1 Å². The fourth-order valence-corrected chi connectivity index (χ4v) is 6.06. The van der Waals surface area contributed by atoms with Gasteiger partial charge in [0.2, 0.25) is 0 Å². The number of nitrogens with one attached hydrogen (secondary N) is 1. The number of rotatable bonds is 7. The number of nitrogens with zero attached hydrogens (tertiary/aromatic N) is 1. The van der Waals surface area contributed by atoms with Crippen molar-refractivity contribution in [1.82, 2.24) is 4.90 Å². The molecule has 0 spiro atoms. The van der Waals surface area contributed by atoms with E-state index in [0.29, 0.717) is 16.0 Å².